The number of hydrogen-bond donors (Lipinski definition) is 0. The third kappa shape index (κ3) is 1.99. The molecule has 104 valence electrons. The molecule has 2 aliphatic carbocycles. The summed E-state index contributed by atoms with van der Waals surface area (Å²) in [7, 11) is 2.63. The van der Waals surface area contributed by atoms with Crippen LogP contribution in [0, 0.1) is 17.3 Å². The van der Waals surface area contributed by atoms with E-state index in [2.05, 4.69) is 26.0 Å². The number of carbonyl (C=O) groups excluding carboxylic acids is 2. The van der Waals surface area contributed by atoms with Crippen molar-refractivity contribution in [2.75, 3.05) is 14.2 Å². The number of ether oxygens (including phenoxy) is 2. The van der Waals surface area contributed by atoms with E-state index in [-0.39, 0.29) is 5.92 Å². The smallest absolute Gasteiger partial charge is 0.323 e. The van der Waals surface area contributed by atoms with E-state index < -0.39 is 17.4 Å². The van der Waals surface area contributed by atoms with Crippen molar-refractivity contribution < 1.29 is 19.1 Å². The summed E-state index contributed by atoms with van der Waals surface area (Å²) in [5, 5.41) is 0. The lowest BCUT2D eigenvalue weighted by Gasteiger charge is -2.22. The summed E-state index contributed by atoms with van der Waals surface area (Å²) in [6.07, 6.45) is 5.09. The van der Waals surface area contributed by atoms with E-state index in [9.17, 15) is 9.59 Å². The van der Waals surface area contributed by atoms with Gasteiger partial charge in [-0.15, -0.1) is 0 Å². The fourth-order valence-corrected chi connectivity index (χ4v) is 3.17. The molecule has 0 radical (unpaired) electrons. The summed E-state index contributed by atoms with van der Waals surface area (Å²) >= 11 is 0. The van der Waals surface area contributed by atoms with Gasteiger partial charge in [-0.25, -0.2) is 0 Å². The fourth-order valence-electron chi connectivity index (χ4n) is 3.17. The van der Waals surface area contributed by atoms with Crippen LogP contribution in [0.3, 0.4) is 0 Å². The Labute approximate surface area is 113 Å². The van der Waals surface area contributed by atoms with Gasteiger partial charge in [-0.05, 0) is 31.6 Å². The number of fused-ring (bicyclic) bond motifs is 1. The molecular formula is C15H20O4. The molecule has 1 saturated carbocycles. The van der Waals surface area contributed by atoms with Gasteiger partial charge in [-0.1, -0.05) is 30.2 Å². The molecule has 0 aliphatic heterocycles. The monoisotopic (exact) mass is 264 g/mol. The summed E-state index contributed by atoms with van der Waals surface area (Å²) in [4.78, 5) is 24.2. The molecule has 4 heteroatoms. The van der Waals surface area contributed by atoms with E-state index in [1.807, 2.05) is 0 Å². The zero-order valence-electron chi connectivity index (χ0n) is 11.9. The van der Waals surface area contributed by atoms with Crippen molar-refractivity contribution in [3.05, 3.63) is 23.3 Å². The van der Waals surface area contributed by atoms with Crippen molar-refractivity contribution in [1.29, 1.82) is 0 Å². The van der Waals surface area contributed by atoms with Crippen LogP contribution in [0.25, 0.3) is 0 Å². The lowest BCUT2D eigenvalue weighted by atomic mass is 9.85. The quantitative estimate of drug-likeness (QED) is 0.436. The predicted molar refractivity (Wildman–Crippen MR) is 70.2 cm³/mol. The molecule has 0 heterocycles. The molecule has 0 aromatic carbocycles. The Bertz CT molecular complexity index is 457. The first-order valence-corrected chi connectivity index (χ1v) is 6.51. The Kier molecular flexibility index (Phi) is 3.52. The van der Waals surface area contributed by atoms with E-state index in [0.717, 1.165) is 0 Å². The van der Waals surface area contributed by atoms with Crippen LogP contribution in [0.2, 0.25) is 0 Å². The number of methoxy groups -OCH3 is 2. The van der Waals surface area contributed by atoms with Gasteiger partial charge in [0.1, 0.15) is 0 Å². The van der Waals surface area contributed by atoms with Crippen LogP contribution in [-0.2, 0) is 19.1 Å². The van der Waals surface area contributed by atoms with Crippen LogP contribution in [0.15, 0.2) is 23.3 Å². The van der Waals surface area contributed by atoms with Crippen molar-refractivity contribution in [3.63, 3.8) is 0 Å². The summed E-state index contributed by atoms with van der Waals surface area (Å²) in [6.45, 7) is 4.19. The van der Waals surface area contributed by atoms with Crippen LogP contribution in [-0.4, -0.2) is 26.2 Å². The molecule has 19 heavy (non-hydrogen) atoms. The lowest BCUT2D eigenvalue weighted by molar-refractivity contribution is -0.168. The zero-order valence-corrected chi connectivity index (χ0v) is 11.9. The molecule has 0 N–H and O–H groups in total. The molecule has 0 amide bonds. The highest BCUT2D eigenvalue weighted by molar-refractivity contribution is 6.01. The minimum absolute atomic E-state index is 0.148. The van der Waals surface area contributed by atoms with Crippen LogP contribution in [0.4, 0.5) is 0 Å². The Morgan fingerprint density at radius 3 is 2.32 bits per heavy atom. The first-order chi connectivity index (χ1) is 8.96. The summed E-state index contributed by atoms with van der Waals surface area (Å²) in [6, 6.07) is 0. The van der Waals surface area contributed by atoms with Crippen LogP contribution >= 0.6 is 0 Å². The second-order valence-electron chi connectivity index (χ2n) is 5.43. The number of allylic oxidation sites excluding steroid dienone is 4. The third-order valence-electron chi connectivity index (χ3n) is 4.48. The van der Waals surface area contributed by atoms with Crippen LogP contribution in [0.5, 0.6) is 0 Å². The van der Waals surface area contributed by atoms with Crippen LogP contribution in [0.1, 0.15) is 26.7 Å². The average molecular weight is 264 g/mol. The van der Waals surface area contributed by atoms with E-state index in [4.69, 9.17) is 9.47 Å². The summed E-state index contributed by atoms with van der Waals surface area (Å²) < 4.78 is 9.68. The predicted octanol–water partition coefficient (Wildman–Crippen LogP) is 2.25. The van der Waals surface area contributed by atoms with E-state index in [1.165, 1.54) is 25.4 Å². The van der Waals surface area contributed by atoms with Crippen molar-refractivity contribution in [1.82, 2.24) is 0 Å². The van der Waals surface area contributed by atoms with Gasteiger partial charge in [-0.3, -0.25) is 9.59 Å². The molecule has 2 rings (SSSR count). The van der Waals surface area contributed by atoms with Crippen molar-refractivity contribution >= 4 is 11.9 Å². The minimum Gasteiger partial charge on any atom is -0.468 e. The lowest BCUT2D eigenvalue weighted by Crippen LogP contribution is -2.39. The molecule has 0 saturated heterocycles. The van der Waals surface area contributed by atoms with Gasteiger partial charge in [0.15, 0.2) is 5.41 Å². The number of esters is 2. The van der Waals surface area contributed by atoms with Crippen LogP contribution < -0.4 is 0 Å². The normalized spacial score (nSPS) is 28.0. The first-order valence-electron chi connectivity index (χ1n) is 6.51. The Morgan fingerprint density at radius 2 is 1.79 bits per heavy atom. The number of hydrogen-bond acceptors (Lipinski definition) is 4. The Hall–Kier alpha value is -1.58. The fraction of sp³-hybridized carbons (Fsp3) is 0.600. The molecule has 0 spiro atoms. The molecule has 0 aromatic rings. The van der Waals surface area contributed by atoms with E-state index >= 15 is 0 Å². The highest BCUT2D eigenvalue weighted by atomic mass is 16.5. The average Bonchev–Trinajstić information content (AvgIpc) is 2.82. The molecule has 0 aromatic heterocycles. The third-order valence-corrected chi connectivity index (χ3v) is 4.48. The SMILES string of the molecule is COC(=O)C1(C(=O)OC)CC2=C(C)[C@H](C)C=C[C@@H]2C1. The van der Waals surface area contributed by atoms with Crippen molar-refractivity contribution in [2.24, 2.45) is 17.3 Å². The molecule has 2 atom stereocenters. The number of carbonyl (C=O) groups is 2. The molecule has 2 aliphatic rings. The topological polar surface area (TPSA) is 52.6 Å². The zero-order chi connectivity index (χ0) is 14.2. The first kappa shape index (κ1) is 13.8. The molecule has 1 fully saturated rings. The maximum absolute atomic E-state index is 12.1. The maximum Gasteiger partial charge on any atom is 0.323 e. The highest BCUT2D eigenvalue weighted by Crippen LogP contribution is 2.51. The number of rotatable bonds is 2. The Balaban J connectivity index is 2.43. The van der Waals surface area contributed by atoms with Gasteiger partial charge in [0.25, 0.3) is 0 Å². The van der Waals surface area contributed by atoms with Gasteiger partial charge in [-0.2, -0.15) is 0 Å². The Morgan fingerprint density at radius 1 is 1.21 bits per heavy atom. The van der Waals surface area contributed by atoms with E-state index in [0.29, 0.717) is 18.8 Å². The van der Waals surface area contributed by atoms with Crippen molar-refractivity contribution in [3.8, 4) is 0 Å². The van der Waals surface area contributed by atoms with Gasteiger partial charge in [0, 0.05) is 0 Å². The van der Waals surface area contributed by atoms with Gasteiger partial charge < -0.3 is 9.47 Å². The van der Waals surface area contributed by atoms with Gasteiger partial charge >= 0.3 is 11.9 Å². The summed E-state index contributed by atoms with van der Waals surface area (Å²) in [5.41, 5.74) is 1.27. The van der Waals surface area contributed by atoms with Gasteiger partial charge in [0.05, 0.1) is 14.2 Å². The van der Waals surface area contributed by atoms with Gasteiger partial charge in [0.2, 0.25) is 0 Å². The second kappa shape index (κ2) is 4.83. The largest absolute Gasteiger partial charge is 0.468 e. The maximum atomic E-state index is 12.1. The van der Waals surface area contributed by atoms with Crippen molar-refractivity contribution in [2.45, 2.75) is 26.7 Å². The molecular weight excluding hydrogens is 244 g/mol. The summed E-state index contributed by atoms with van der Waals surface area (Å²) in [5.74, 6) is -0.475. The standard InChI is InChI=1S/C15H20O4/c1-9-5-6-11-7-15(13(16)18-3,14(17)19-4)8-12(11)10(9)2/h5-6,9,11H,7-8H2,1-4H3/t9-,11-/m1/s1. The molecule has 0 unspecified atom stereocenters. The molecule has 4 nitrogen and oxygen atoms in total. The highest BCUT2D eigenvalue weighted by Gasteiger charge is 2.55. The van der Waals surface area contributed by atoms with E-state index in [1.54, 1.807) is 0 Å². The second-order valence-corrected chi connectivity index (χ2v) is 5.43. The minimum atomic E-state index is -1.17. The molecule has 0 bridgehead atoms.